The number of fused-ring (bicyclic) bond motifs is 1. The van der Waals surface area contributed by atoms with Crippen molar-refractivity contribution in [3.63, 3.8) is 0 Å². The van der Waals surface area contributed by atoms with E-state index in [0.29, 0.717) is 10.2 Å². The molecule has 1 amide bonds. The van der Waals surface area contributed by atoms with Crippen LogP contribution in [0.15, 0.2) is 18.3 Å². The zero-order valence-electron chi connectivity index (χ0n) is 14.7. The van der Waals surface area contributed by atoms with Gasteiger partial charge in [-0.2, -0.15) is 23.4 Å². The fourth-order valence-corrected chi connectivity index (χ4v) is 2.88. The van der Waals surface area contributed by atoms with E-state index in [4.69, 9.17) is 0 Å². The first-order valence-corrected chi connectivity index (χ1v) is 8.47. The Morgan fingerprint density at radius 3 is 2.67 bits per heavy atom. The van der Waals surface area contributed by atoms with E-state index >= 15 is 0 Å². The lowest BCUT2D eigenvalue weighted by Gasteiger charge is -2.10. The van der Waals surface area contributed by atoms with E-state index in [9.17, 15) is 18.0 Å². The number of nitrogens with zero attached hydrogens (tertiary/aromatic N) is 5. The molecule has 1 aliphatic rings. The van der Waals surface area contributed by atoms with Crippen molar-refractivity contribution in [2.24, 2.45) is 7.05 Å². The summed E-state index contributed by atoms with van der Waals surface area (Å²) in [6.07, 6.45) is -1.30. The average Bonchev–Trinajstić information content (AvgIpc) is 3.29. The van der Waals surface area contributed by atoms with Crippen molar-refractivity contribution in [3.05, 3.63) is 46.7 Å². The third kappa shape index (κ3) is 3.26. The molecule has 3 aromatic rings. The molecule has 0 aromatic carbocycles. The van der Waals surface area contributed by atoms with Crippen LogP contribution in [0.3, 0.4) is 0 Å². The molecule has 1 saturated carbocycles. The van der Waals surface area contributed by atoms with Gasteiger partial charge in [0.05, 0.1) is 6.20 Å². The summed E-state index contributed by atoms with van der Waals surface area (Å²) in [7, 11) is 1.78. The van der Waals surface area contributed by atoms with Crippen molar-refractivity contribution in [1.29, 1.82) is 0 Å². The molecule has 0 saturated heterocycles. The third-order valence-electron chi connectivity index (χ3n) is 4.74. The topological polar surface area (TPSA) is 77.1 Å². The molecule has 4 rings (SSSR count). The molecule has 142 valence electrons. The number of nitrogens with one attached hydrogen (secondary N) is 1. The number of amides is 1. The van der Waals surface area contributed by atoms with Crippen LogP contribution in [0.4, 0.5) is 13.2 Å². The van der Waals surface area contributed by atoms with Gasteiger partial charge in [-0.15, -0.1) is 0 Å². The monoisotopic (exact) mass is 378 g/mol. The summed E-state index contributed by atoms with van der Waals surface area (Å²) >= 11 is 0. The third-order valence-corrected chi connectivity index (χ3v) is 4.74. The van der Waals surface area contributed by atoms with Gasteiger partial charge in [0, 0.05) is 42.5 Å². The highest BCUT2D eigenvalue weighted by Crippen LogP contribution is 2.41. The van der Waals surface area contributed by atoms with Crippen LogP contribution < -0.4 is 5.32 Å². The van der Waals surface area contributed by atoms with Crippen molar-refractivity contribution in [1.82, 2.24) is 29.7 Å². The minimum absolute atomic E-state index is 0.0226. The molecule has 0 atom stereocenters. The van der Waals surface area contributed by atoms with E-state index in [1.165, 1.54) is 6.07 Å². The molecule has 3 heterocycles. The highest BCUT2D eigenvalue weighted by atomic mass is 19.4. The molecule has 1 aliphatic carbocycles. The molecule has 0 spiro atoms. The van der Waals surface area contributed by atoms with Gasteiger partial charge in [-0.3, -0.25) is 9.48 Å². The van der Waals surface area contributed by atoms with Gasteiger partial charge in [-0.25, -0.2) is 9.50 Å². The summed E-state index contributed by atoms with van der Waals surface area (Å²) in [6.45, 7) is 2.07. The summed E-state index contributed by atoms with van der Waals surface area (Å²) in [5.41, 5.74) is 1.10. The highest BCUT2D eigenvalue weighted by molar-refractivity contribution is 5.93. The van der Waals surface area contributed by atoms with Gasteiger partial charge in [0.2, 0.25) is 0 Å². The fourth-order valence-electron chi connectivity index (χ4n) is 2.88. The number of halogens is 3. The fraction of sp³-hybridized carbons (Fsp3) is 0.412. The Morgan fingerprint density at radius 2 is 2.07 bits per heavy atom. The molecule has 3 aromatic heterocycles. The Bertz CT molecular complexity index is 1030. The smallest absolute Gasteiger partial charge is 0.346 e. The maximum Gasteiger partial charge on any atom is 0.433 e. The predicted molar refractivity (Wildman–Crippen MR) is 89.1 cm³/mol. The van der Waals surface area contributed by atoms with Crippen molar-refractivity contribution in [2.45, 2.75) is 38.4 Å². The first kappa shape index (κ1) is 17.5. The SMILES string of the molecule is Cc1c(CNC(=O)c2cc3nc(C4CC4)cc(C(F)(F)F)n3n2)cnn1C. The summed E-state index contributed by atoms with van der Waals surface area (Å²) in [4.78, 5) is 16.6. The molecule has 10 heteroatoms. The van der Waals surface area contributed by atoms with Gasteiger partial charge in [0.1, 0.15) is 5.69 Å². The van der Waals surface area contributed by atoms with Crippen LogP contribution in [0.2, 0.25) is 0 Å². The van der Waals surface area contributed by atoms with Gasteiger partial charge in [0.25, 0.3) is 5.91 Å². The second-order valence-corrected chi connectivity index (χ2v) is 6.70. The van der Waals surface area contributed by atoms with E-state index < -0.39 is 17.8 Å². The van der Waals surface area contributed by atoms with Crippen LogP contribution in [0.5, 0.6) is 0 Å². The molecule has 27 heavy (non-hydrogen) atoms. The zero-order valence-corrected chi connectivity index (χ0v) is 14.7. The van der Waals surface area contributed by atoms with Gasteiger partial charge in [-0.1, -0.05) is 0 Å². The molecule has 1 N–H and O–H groups in total. The van der Waals surface area contributed by atoms with Crippen LogP contribution in [0.25, 0.3) is 5.65 Å². The van der Waals surface area contributed by atoms with Crippen molar-refractivity contribution < 1.29 is 18.0 Å². The second-order valence-electron chi connectivity index (χ2n) is 6.70. The number of aromatic nitrogens is 5. The predicted octanol–water partition coefficient (Wildman–Crippen LogP) is 2.60. The van der Waals surface area contributed by atoms with Crippen LogP contribution in [0, 0.1) is 6.92 Å². The Hall–Kier alpha value is -2.91. The van der Waals surface area contributed by atoms with Crippen LogP contribution in [-0.4, -0.2) is 30.3 Å². The maximum absolute atomic E-state index is 13.4. The lowest BCUT2D eigenvalue weighted by molar-refractivity contribution is -0.142. The largest absolute Gasteiger partial charge is 0.433 e. The lowest BCUT2D eigenvalue weighted by atomic mass is 10.2. The first-order chi connectivity index (χ1) is 12.7. The van der Waals surface area contributed by atoms with Gasteiger partial charge in [0.15, 0.2) is 11.3 Å². The zero-order chi connectivity index (χ0) is 19.3. The molecular formula is C17H17F3N6O. The van der Waals surface area contributed by atoms with E-state index in [1.807, 2.05) is 6.92 Å². The Balaban J connectivity index is 1.64. The van der Waals surface area contributed by atoms with Crippen molar-refractivity contribution >= 4 is 11.6 Å². The summed E-state index contributed by atoms with van der Waals surface area (Å²) < 4.78 is 42.6. The van der Waals surface area contributed by atoms with Gasteiger partial charge < -0.3 is 5.32 Å². The normalized spacial score (nSPS) is 14.7. The van der Waals surface area contributed by atoms with E-state index in [2.05, 4.69) is 20.5 Å². The molecule has 0 unspecified atom stereocenters. The first-order valence-electron chi connectivity index (χ1n) is 8.47. The molecule has 0 radical (unpaired) electrons. The number of hydrogen-bond acceptors (Lipinski definition) is 4. The van der Waals surface area contributed by atoms with E-state index in [-0.39, 0.29) is 23.8 Å². The molecule has 1 fully saturated rings. The van der Waals surface area contributed by atoms with Crippen LogP contribution in [0.1, 0.15) is 51.9 Å². The average molecular weight is 378 g/mol. The molecule has 0 aliphatic heterocycles. The number of carbonyl (C=O) groups is 1. The number of alkyl halides is 3. The van der Waals surface area contributed by atoms with E-state index in [0.717, 1.165) is 30.2 Å². The molecular weight excluding hydrogens is 361 g/mol. The van der Waals surface area contributed by atoms with Crippen molar-refractivity contribution in [3.8, 4) is 0 Å². The van der Waals surface area contributed by atoms with Crippen LogP contribution in [-0.2, 0) is 19.8 Å². The standard InChI is InChI=1S/C17H17F3N6O/c1-9-11(8-22-25(9)2)7-21-16(27)13-6-15-23-12(10-3-4-10)5-14(17(18,19)20)26(15)24-13/h5-6,8,10H,3-4,7H2,1-2H3,(H,21,27). The maximum atomic E-state index is 13.4. The Labute approximate surface area is 152 Å². The van der Waals surface area contributed by atoms with E-state index in [1.54, 1.807) is 17.9 Å². The molecule has 0 bridgehead atoms. The Morgan fingerprint density at radius 1 is 1.33 bits per heavy atom. The summed E-state index contributed by atoms with van der Waals surface area (Å²) in [5.74, 6) is -0.512. The summed E-state index contributed by atoms with van der Waals surface area (Å²) in [6, 6.07) is 2.31. The molecule has 7 nitrogen and oxygen atoms in total. The minimum atomic E-state index is -4.59. The van der Waals surface area contributed by atoms with Gasteiger partial charge in [-0.05, 0) is 25.8 Å². The number of hydrogen-bond donors (Lipinski definition) is 1. The number of rotatable bonds is 4. The van der Waals surface area contributed by atoms with Gasteiger partial charge >= 0.3 is 6.18 Å². The lowest BCUT2D eigenvalue weighted by Crippen LogP contribution is -2.23. The quantitative estimate of drug-likeness (QED) is 0.757. The summed E-state index contributed by atoms with van der Waals surface area (Å²) in [5, 5.41) is 10.6. The number of aryl methyl sites for hydroxylation is 1. The Kier molecular flexibility index (Phi) is 3.93. The number of carbonyl (C=O) groups excluding carboxylic acids is 1. The van der Waals surface area contributed by atoms with Crippen LogP contribution >= 0.6 is 0 Å². The van der Waals surface area contributed by atoms with Crippen molar-refractivity contribution in [2.75, 3.05) is 0 Å². The highest BCUT2D eigenvalue weighted by Gasteiger charge is 2.37. The minimum Gasteiger partial charge on any atom is -0.346 e. The second kappa shape index (κ2) is 6.07.